The number of benzene rings is 2. The van der Waals surface area contributed by atoms with Crippen LogP contribution in [0.2, 0.25) is 0 Å². The number of amides is 2. The van der Waals surface area contributed by atoms with Crippen LogP contribution in [0, 0.1) is 6.92 Å². The minimum atomic E-state index is -0.848. The summed E-state index contributed by atoms with van der Waals surface area (Å²) in [4.78, 5) is 23.6. The largest absolute Gasteiger partial charge is 0.497 e. The maximum absolute atomic E-state index is 11.8. The minimum Gasteiger partial charge on any atom is -0.497 e. The summed E-state index contributed by atoms with van der Waals surface area (Å²) in [7, 11) is 1.60. The van der Waals surface area contributed by atoms with Gasteiger partial charge in [0.1, 0.15) is 5.75 Å². The van der Waals surface area contributed by atoms with Gasteiger partial charge in [0.25, 0.3) is 0 Å². The topological polar surface area (TPSA) is 91.5 Å². The molecule has 0 heterocycles. The first-order chi connectivity index (χ1) is 12.5. The van der Waals surface area contributed by atoms with E-state index in [4.69, 9.17) is 17.0 Å². The number of methoxy groups -OCH3 is 1. The summed E-state index contributed by atoms with van der Waals surface area (Å²) in [6, 6.07) is 14.6. The molecule has 0 atom stereocenters. The SMILES string of the molecule is COc1ccc(CNC(=S)NNC(=O)C(=O)Nc2ccc(C)cc2)cc1. The van der Waals surface area contributed by atoms with Crippen molar-refractivity contribution in [2.75, 3.05) is 12.4 Å². The number of thiocarbonyl (C=S) groups is 1. The number of ether oxygens (including phenoxy) is 1. The van der Waals surface area contributed by atoms with Crippen molar-refractivity contribution in [2.45, 2.75) is 13.5 Å². The number of nitrogens with one attached hydrogen (secondary N) is 4. The number of hydrogen-bond acceptors (Lipinski definition) is 4. The normalized spacial score (nSPS) is 9.77. The van der Waals surface area contributed by atoms with E-state index in [1.54, 1.807) is 19.2 Å². The van der Waals surface area contributed by atoms with Gasteiger partial charge >= 0.3 is 11.8 Å². The Bertz CT molecular complexity index is 776. The molecule has 4 N–H and O–H groups in total. The standard InChI is InChI=1S/C18H20N4O3S/c1-12-3-7-14(8-4-12)20-16(23)17(24)21-22-18(26)19-11-13-5-9-15(25-2)10-6-13/h3-10H,11H2,1-2H3,(H,20,23)(H,21,24)(H2,19,22,26). The molecule has 2 amide bonds. The van der Waals surface area contributed by atoms with Gasteiger partial charge in [-0.2, -0.15) is 0 Å². The van der Waals surface area contributed by atoms with Crippen molar-refractivity contribution in [3.05, 3.63) is 59.7 Å². The molecule has 0 aliphatic rings. The Labute approximate surface area is 157 Å². The van der Waals surface area contributed by atoms with Crippen LogP contribution >= 0.6 is 12.2 Å². The Morgan fingerprint density at radius 2 is 1.62 bits per heavy atom. The second kappa shape index (κ2) is 9.38. The quantitative estimate of drug-likeness (QED) is 0.371. The van der Waals surface area contributed by atoms with Crippen LogP contribution in [0.15, 0.2) is 48.5 Å². The fraction of sp³-hybridized carbons (Fsp3) is 0.167. The molecule has 0 saturated carbocycles. The van der Waals surface area contributed by atoms with Crippen molar-refractivity contribution < 1.29 is 14.3 Å². The summed E-state index contributed by atoms with van der Waals surface area (Å²) in [6.07, 6.45) is 0. The van der Waals surface area contributed by atoms with Gasteiger partial charge in [-0.3, -0.25) is 20.4 Å². The van der Waals surface area contributed by atoms with E-state index in [0.29, 0.717) is 12.2 Å². The molecule has 0 radical (unpaired) electrons. The van der Waals surface area contributed by atoms with Crippen LogP contribution in [0.5, 0.6) is 5.75 Å². The smallest absolute Gasteiger partial charge is 0.328 e. The summed E-state index contributed by atoms with van der Waals surface area (Å²) in [6.45, 7) is 2.39. The number of carbonyl (C=O) groups excluding carboxylic acids is 2. The number of aryl methyl sites for hydroxylation is 1. The van der Waals surface area contributed by atoms with E-state index >= 15 is 0 Å². The van der Waals surface area contributed by atoms with E-state index < -0.39 is 11.8 Å². The number of hydrogen-bond donors (Lipinski definition) is 4. The van der Waals surface area contributed by atoms with E-state index in [2.05, 4.69) is 21.5 Å². The Morgan fingerprint density at radius 1 is 0.962 bits per heavy atom. The predicted molar refractivity (Wildman–Crippen MR) is 104 cm³/mol. The summed E-state index contributed by atoms with van der Waals surface area (Å²) < 4.78 is 5.09. The van der Waals surface area contributed by atoms with Crippen molar-refractivity contribution in [1.82, 2.24) is 16.2 Å². The zero-order valence-electron chi connectivity index (χ0n) is 14.5. The van der Waals surface area contributed by atoms with Gasteiger partial charge in [0.05, 0.1) is 7.11 Å². The van der Waals surface area contributed by atoms with Crippen molar-refractivity contribution in [2.24, 2.45) is 0 Å². The van der Waals surface area contributed by atoms with Crippen LogP contribution < -0.4 is 26.2 Å². The third-order valence-electron chi connectivity index (χ3n) is 3.42. The highest BCUT2D eigenvalue weighted by atomic mass is 32.1. The Kier molecular flexibility index (Phi) is 6.92. The first-order valence-electron chi connectivity index (χ1n) is 7.82. The van der Waals surface area contributed by atoms with Crippen molar-refractivity contribution in [3.8, 4) is 5.75 Å². The van der Waals surface area contributed by atoms with E-state index in [9.17, 15) is 9.59 Å². The molecule has 2 rings (SSSR count). The third kappa shape index (κ3) is 6.06. The van der Waals surface area contributed by atoms with Gasteiger partial charge in [0, 0.05) is 12.2 Å². The van der Waals surface area contributed by atoms with Gasteiger partial charge in [0.15, 0.2) is 5.11 Å². The molecule has 0 aliphatic heterocycles. The lowest BCUT2D eigenvalue weighted by Gasteiger charge is -2.12. The number of anilines is 1. The number of carbonyl (C=O) groups is 2. The van der Waals surface area contributed by atoms with Crippen molar-refractivity contribution in [1.29, 1.82) is 0 Å². The van der Waals surface area contributed by atoms with Crippen LogP contribution in [0.4, 0.5) is 5.69 Å². The molecule has 0 fully saturated rings. The molecule has 8 heteroatoms. The Hall–Kier alpha value is -3.13. The zero-order valence-corrected chi connectivity index (χ0v) is 15.3. The van der Waals surface area contributed by atoms with Crippen LogP contribution in [-0.4, -0.2) is 24.0 Å². The zero-order chi connectivity index (χ0) is 18.9. The first-order valence-corrected chi connectivity index (χ1v) is 8.23. The highest BCUT2D eigenvalue weighted by molar-refractivity contribution is 7.80. The summed E-state index contributed by atoms with van der Waals surface area (Å²) in [5.41, 5.74) is 7.31. The maximum Gasteiger partial charge on any atom is 0.328 e. The van der Waals surface area contributed by atoms with Crippen LogP contribution in [0.3, 0.4) is 0 Å². The molecule has 2 aromatic rings. The molecule has 0 bridgehead atoms. The lowest BCUT2D eigenvalue weighted by molar-refractivity contribution is -0.136. The van der Waals surface area contributed by atoms with Gasteiger partial charge in [-0.25, -0.2) is 0 Å². The summed E-state index contributed by atoms with van der Waals surface area (Å²) >= 11 is 5.06. The lowest BCUT2D eigenvalue weighted by Crippen LogP contribution is -2.49. The molecule has 0 aliphatic carbocycles. The molecular formula is C18H20N4O3S. The second-order valence-corrected chi connectivity index (χ2v) is 5.84. The molecule has 136 valence electrons. The molecule has 0 unspecified atom stereocenters. The summed E-state index contributed by atoms with van der Waals surface area (Å²) in [5, 5.41) is 5.61. The minimum absolute atomic E-state index is 0.192. The molecule has 2 aromatic carbocycles. The van der Waals surface area contributed by atoms with Crippen molar-refractivity contribution >= 4 is 34.8 Å². The molecule has 0 saturated heterocycles. The Morgan fingerprint density at radius 3 is 2.23 bits per heavy atom. The van der Waals surface area contributed by atoms with Crippen LogP contribution in [-0.2, 0) is 16.1 Å². The third-order valence-corrected chi connectivity index (χ3v) is 3.66. The lowest BCUT2D eigenvalue weighted by atomic mass is 10.2. The Balaban J connectivity index is 1.72. The van der Waals surface area contributed by atoms with Crippen LogP contribution in [0.25, 0.3) is 0 Å². The fourth-order valence-corrected chi connectivity index (χ4v) is 2.09. The second-order valence-electron chi connectivity index (χ2n) is 5.43. The van der Waals surface area contributed by atoms with E-state index in [1.165, 1.54) is 0 Å². The molecular weight excluding hydrogens is 352 g/mol. The molecule has 7 nitrogen and oxygen atoms in total. The van der Waals surface area contributed by atoms with Gasteiger partial charge in [-0.05, 0) is 49.0 Å². The fourth-order valence-electron chi connectivity index (χ4n) is 1.96. The van der Waals surface area contributed by atoms with E-state index in [-0.39, 0.29) is 5.11 Å². The first kappa shape index (κ1) is 19.2. The van der Waals surface area contributed by atoms with Gasteiger partial charge in [0.2, 0.25) is 0 Å². The van der Waals surface area contributed by atoms with E-state index in [0.717, 1.165) is 16.9 Å². The summed E-state index contributed by atoms with van der Waals surface area (Å²) in [5.74, 6) is -0.875. The van der Waals surface area contributed by atoms with Crippen LogP contribution in [0.1, 0.15) is 11.1 Å². The predicted octanol–water partition coefficient (Wildman–Crippen LogP) is 1.64. The average Bonchev–Trinajstić information content (AvgIpc) is 2.66. The number of hydrazine groups is 1. The maximum atomic E-state index is 11.8. The highest BCUT2D eigenvalue weighted by Gasteiger charge is 2.13. The average molecular weight is 372 g/mol. The highest BCUT2D eigenvalue weighted by Crippen LogP contribution is 2.11. The van der Waals surface area contributed by atoms with Gasteiger partial charge in [-0.1, -0.05) is 29.8 Å². The monoisotopic (exact) mass is 372 g/mol. The van der Waals surface area contributed by atoms with E-state index in [1.807, 2.05) is 43.3 Å². The van der Waals surface area contributed by atoms with Crippen molar-refractivity contribution in [3.63, 3.8) is 0 Å². The molecule has 0 spiro atoms. The van der Waals surface area contributed by atoms with Gasteiger partial charge in [-0.15, -0.1) is 0 Å². The molecule has 26 heavy (non-hydrogen) atoms. The van der Waals surface area contributed by atoms with Gasteiger partial charge < -0.3 is 15.4 Å². The number of rotatable bonds is 4. The molecule has 0 aromatic heterocycles.